The predicted octanol–water partition coefficient (Wildman–Crippen LogP) is 4.34. The van der Waals surface area contributed by atoms with Gasteiger partial charge in [0.05, 0.1) is 54.4 Å². The zero-order valence-corrected chi connectivity index (χ0v) is 20.3. The molecule has 1 saturated carbocycles. The van der Waals surface area contributed by atoms with Crippen molar-refractivity contribution in [3.8, 4) is 11.5 Å². The Hall–Kier alpha value is -2.70. The first-order chi connectivity index (χ1) is 14.9. The van der Waals surface area contributed by atoms with Crippen molar-refractivity contribution in [2.24, 2.45) is 9.98 Å². The predicted molar refractivity (Wildman–Crippen MR) is 137 cm³/mol. The van der Waals surface area contributed by atoms with Crippen LogP contribution < -0.4 is 8.97 Å². The van der Waals surface area contributed by atoms with Crippen LogP contribution in [-0.2, 0) is 0 Å². The molecule has 6 nitrogen and oxygen atoms in total. The van der Waals surface area contributed by atoms with Gasteiger partial charge < -0.3 is 10.2 Å². The number of quaternary nitrogens is 2. The fourth-order valence-corrected chi connectivity index (χ4v) is 3.91. The van der Waals surface area contributed by atoms with Gasteiger partial charge in [-0.15, -0.1) is 0 Å². The van der Waals surface area contributed by atoms with Gasteiger partial charge in [-0.05, 0) is 25.0 Å². The summed E-state index contributed by atoms with van der Waals surface area (Å²) in [6.07, 6.45) is 7.76. The van der Waals surface area contributed by atoms with Gasteiger partial charge in [0.1, 0.15) is 22.9 Å². The van der Waals surface area contributed by atoms with Crippen molar-refractivity contribution in [3.05, 3.63) is 47.5 Å². The van der Waals surface area contributed by atoms with E-state index in [4.69, 9.17) is 9.98 Å². The third-order valence-corrected chi connectivity index (χ3v) is 6.08. The SMILES string of the molecule is C[N+](C)(C)c1ccc(C=NC2CCCC[C@@H]2N=Cc2ccc([N+](C)(C)C)cc2O)c(O)c1. The van der Waals surface area contributed by atoms with Gasteiger partial charge in [-0.1, -0.05) is 12.8 Å². The van der Waals surface area contributed by atoms with Gasteiger partial charge in [0.25, 0.3) is 0 Å². The maximum atomic E-state index is 10.5. The lowest BCUT2D eigenvalue weighted by Gasteiger charge is -2.26. The van der Waals surface area contributed by atoms with E-state index in [9.17, 15) is 10.2 Å². The Bertz CT molecular complexity index is 918. The Morgan fingerprint density at radius 2 is 1.06 bits per heavy atom. The van der Waals surface area contributed by atoms with Crippen LogP contribution in [0.5, 0.6) is 11.5 Å². The van der Waals surface area contributed by atoms with Gasteiger partial charge in [-0.2, -0.15) is 0 Å². The van der Waals surface area contributed by atoms with E-state index in [2.05, 4.69) is 42.3 Å². The summed E-state index contributed by atoms with van der Waals surface area (Å²) < 4.78 is 1.29. The largest absolute Gasteiger partial charge is 0.507 e. The van der Waals surface area contributed by atoms with Crippen LogP contribution in [0.3, 0.4) is 0 Å². The van der Waals surface area contributed by atoms with Crippen LogP contribution in [-0.4, -0.2) is 77.0 Å². The molecule has 1 aliphatic rings. The zero-order valence-electron chi connectivity index (χ0n) is 20.3. The minimum absolute atomic E-state index is 0.0742. The van der Waals surface area contributed by atoms with Crippen LogP contribution in [0.2, 0.25) is 0 Å². The summed E-state index contributed by atoms with van der Waals surface area (Å²) in [5.74, 6) is 0.495. The average molecular weight is 439 g/mol. The second-order valence-electron chi connectivity index (χ2n) is 10.5. The molecule has 2 aromatic carbocycles. The number of aliphatic imine (C=N–C) groups is 2. The van der Waals surface area contributed by atoms with Crippen molar-refractivity contribution in [2.75, 3.05) is 42.3 Å². The molecule has 0 aromatic heterocycles. The van der Waals surface area contributed by atoms with E-state index in [0.717, 1.165) is 48.2 Å². The van der Waals surface area contributed by atoms with E-state index in [1.54, 1.807) is 24.6 Å². The van der Waals surface area contributed by atoms with E-state index < -0.39 is 0 Å². The molecule has 32 heavy (non-hydrogen) atoms. The van der Waals surface area contributed by atoms with Crippen molar-refractivity contribution < 1.29 is 10.2 Å². The highest BCUT2D eigenvalue weighted by Crippen LogP contribution is 2.28. The van der Waals surface area contributed by atoms with Crippen LogP contribution >= 0.6 is 0 Å². The van der Waals surface area contributed by atoms with Gasteiger partial charge >= 0.3 is 0 Å². The number of nitrogens with zero attached hydrogens (tertiary/aromatic N) is 4. The summed E-state index contributed by atoms with van der Waals surface area (Å²) in [5.41, 5.74) is 3.53. The molecule has 2 atom stereocenters. The fraction of sp³-hybridized carbons (Fsp3) is 0.462. The van der Waals surface area contributed by atoms with Crippen LogP contribution in [0.25, 0.3) is 0 Å². The third kappa shape index (κ3) is 5.96. The van der Waals surface area contributed by atoms with Gasteiger partial charge in [-0.25, -0.2) is 0 Å². The van der Waals surface area contributed by atoms with E-state index in [0.29, 0.717) is 8.97 Å². The number of aromatic hydroxyl groups is 2. The average Bonchev–Trinajstić information content (AvgIpc) is 2.71. The molecule has 2 aromatic rings. The monoisotopic (exact) mass is 438 g/mol. The smallest absolute Gasteiger partial charge is 0.135 e. The molecule has 0 bridgehead atoms. The van der Waals surface area contributed by atoms with E-state index in [-0.39, 0.29) is 23.6 Å². The molecule has 172 valence electrons. The quantitative estimate of drug-likeness (QED) is 0.520. The lowest BCUT2D eigenvalue weighted by atomic mass is 9.91. The van der Waals surface area contributed by atoms with Crippen LogP contribution in [0.15, 0.2) is 46.4 Å². The van der Waals surface area contributed by atoms with Gasteiger partial charge in [-0.3, -0.25) is 19.0 Å². The van der Waals surface area contributed by atoms with Crippen molar-refractivity contribution in [2.45, 2.75) is 37.8 Å². The maximum Gasteiger partial charge on any atom is 0.135 e. The second kappa shape index (κ2) is 9.43. The summed E-state index contributed by atoms with van der Waals surface area (Å²) in [7, 11) is 12.4. The molecule has 2 N–H and O–H groups in total. The van der Waals surface area contributed by atoms with E-state index in [1.165, 1.54) is 0 Å². The Morgan fingerprint density at radius 1 is 0.688 bits per heavy atom. The molecular weight excluding hydrogens is 400 g/mol. The van der Waals surface area contributed by atoms with Crippen molar-refractivity contribution in [3.63, 3.8) is 0 Å². The Kier molecular flexibility index (Phi) is 7.06. The lowest BCUT2D eigenvalue weighted by molar-refractivity contribution is 0.390. The molecule has 0 saturated heterocycles. The number of hydrogen-bond donors (Lipinski definition) is 2. The first-order valence-corrected chi connectivity index (χ1v) is 11.3. The molecule has 0 heterocycles. The first kappa shape index (κ1) is 24.0. The normalized spacial score (nSPS) is 20.3. The minimum Gasteiger partial charge on any atom is -0.507 e. The Morgan fingerprint density at radius 3 is 1.38 bits per heavy atom. The molecule has 6 heteroatoms. The van der Waals surface area contributed by atoms with Gasteiger partial charge in [0, 0.05) is 47.8 Å². The number of phenols is 2. The second-order valence-corrected chi connectivity index (χ2v) is 10.5. The molecule has 1 aliphatic carbocycles. The third-order valence-electron chi connectivity index (χ3n) is 6.08. The zero-order chi connectivity index (χ0) is 23.5. The highest BCUT2D eigenvalue weighted by Gasteiger charge is 2.24. The summed E-state index contributed by atoms with van der Waals surface area (Å²) in [5, 5.41) is 20.9. The number of hydrogen-bond acceptors (Lipinski definition) is 4. The minimum atomic E-state index is 0.0742. The highest BCUT2D eigenvalue weighted by atomic mass is 16.3. The number of rotatable bonds is 6. The molecule has 0 radical (unpaired) electrons. The molecule has 0 aliphatic heterocycles. The lowest BCUT2D eigenvalue weighted by Crippen LogP contribution is -2.34. The van der Waals surface area contributed by atoms with E-state index >= 15 is 0 Å². The maximum absolute atomic E-state index is 10.5. The molecule has 1 fully saturated rings. The van der Waals surface area contributed by atoms with Crippen molar-refractivity contribution in [1.82, 2.24) is 8.97 Å². The fourth-order valence-electron chi connectivity index (χ4n) is 3.91. The van der Waals surface area contributed by atoms with Crippen LogP contribution in [0.4, 0.5) is 11.4 Å². The highest BCUT2D eigenvalue weighted by molar-refractivity contribution is 5.85. The molecule has 0 spiro atoms. The van der Waals surface area contributed by atoms with Crippen molar-refractivity contribution in [1.29, 1.82) is 0 Å². The van der Waals surface area contributed by atoms with Crippen molar-refractivity contribution >= 4 is 23.8 Å². The first-order valence-electron chi connectivity index (χ1n) is 11.3. The summed E-state index contributed by atoms with van der Waals surface area (Å²) in [6.45, 7) is 0. The Balaban J connectivity index is 1.75. The molecular formula is C26H38N4O2+2. The molecule has 0 amide bonds. The summed E-state index contributed by atoms with van der Waals surface area (Å²) in [4.78, 5) is 9.60. The topological polar surface area (TPSA) is 65.2 Å². The molecule has 1 unspecified atom stereocenters. The summed E-state index contributed by atoms with van der Waals surface area (Å²) in [6, 6.07) is 11.7. The van der Waals surface area contributed by atoms with Gasteiger partial charge in [0.15, 0.2) is 0 Å². The van der Waals surface area contributed by atoms with E-state index in [1.807, 2.05) is 24.3 Å². The molecule has 3 rings (SSSR count). The van der Waals surface area contributed by atoms with Crippen LogP contribution in [0, 0.1) is 0 Å². The number of phenolic OH excluding ortho intramolecular Hbond substituents is 2. The summed E-state index contributed by atoms with van der Waals surface area (Å²) >= 11 is 0. The van der Waals surface area contributed by atoms with Gasteiger partial charge in [0.2, 0.25) is 0 Å². The number of benzene rings is 2. The van der Waals surface area contributed by atoms with Crippen LogP contribution in [0.1, 0.15) is 36.8 Å². The standard InChI is InChI=1S/C26H36N4O2/c1-29(2,3)21-13-11-19(25(31)15-21)17-27-23-9-7-8-10-24(23)28-18-20-12-14-22(16-26(20)32)30(4,5)6/h11-18,23-24H,7-10H2,1-6H3/p+2/t23-,24?/m0/s1. The Labute approximate surface area is 192 Å².